The van der Waals surface area contributed by atoms with Crippen LogP contribution in [0.4, 0.5) is 11.5 Å². The van der Waals surface area contributed by atoms with Crippen molar-refractivity contribution in [3.05, 3.63) is 48.0 Å². The molecule has 1 aromatic carbocycles. The van der Waals surface area contributed by atoms with E-state index in [0.29, 0.717) is 5.02 Å². The fraction of sp³-hybridized carbons (Fsp3) is 0. The Labute approximate surface area is 135 Å². The highest BCUT2D eigenvalue weighted by molar-refractivity contribution is 14.1. The van der Waals surface area contributed by atoms with Crippen LogP contribution in [0.25, 0.3) is 0 Å². The Kier molecular flexibility index (Phi) is 4.68. The van der Waals surface area contributed by atoms with Gasteiger partial charge in [-0.15, -0.1) is 0 Å². The molecule has 0 aliphatic carbocycles. The zero-order valence-corrected chi connectivity index (χ0v) is 14.4. The quantitative estimate of drug-likeness (QED) is 0.557. The summed E-state index contributed by atoms with van der Waals surface area (Å²) in [6.07, 6.45) is 1.73. The molecule has 0 aliphatic rings. The number of nitrogens with zero attached hydrogens (tertiary/aromatic N) is 1. The number of halogens is 4. The summed E-state index contributed by atoms with van der Waals surface area (Å²) in [5.74, 6) is 0.733. The van der Waals surface area contributed by atoms with Crippen LogP contribution in [0.5, 0.6) is 0 Å². The first-order chi connectivity index (χ1) is 8.06. The van der Waals surface area contributed by atoms with Crippen LogP contribution in [0, 0.1) is 3.57 Å². The molecule has 6 heteroatoms. The number of anilines is 2. The van der Waals surface area contributed by atoms with E-state index in [1.165, 1.54) is 0 Å². The van der Waals surface area contributed by atoms with E-state index in [-0.39, 0.29) is 0 Å². The molecule has 0 amide bonds. The van der Waals surface area contributed by atoms with Crippen LogP contribution in [-0.2, 0) is 0 Å². The largest absolute Gasteiger partial charge is 0.338 e. The molecule has 88 valence electrons. The van der Waals surface area contributed by atoms with E-state index in [9.17, 15) is 0 Å². The Balaban J connectivity index is 2.31. The van der Waals surface area contributed by atoms with Crippen LogP contribution < -0.4 is 5.32 Å². The summed E-state index contributed by atoms with van der Waals surface area (Å²) < 4.78 is 2.89. The topological polar surface area (TPSA) is 24.9 Å². The monoisotopic (exact) mass is 486 g/mol. The number of nitrogens with one attached hydrogen (secondary N) is 1. The predicted octanol–water partition coefficient (Wildman–Crippen LogP) is 5.61. The average Bonchev–Trinajstić information content (AvgIpc) is 2.25. The second kappa shape index (κ2) is 5.86. The van der Waals surface area contributed by atoms with Gasteiger partial charge in [-0.3, -0.25) is 0 Å². The molecule has 17 heavy (non-hydrogen) atoms. The van der Waals surface area contributed by atoms with Crippen molar-refractivity contribution in [2.24, 2.45) is 0 Å². The van der Waals surface area contributed by atoms with E-state index in [4.69, 9.17) is 11.6 Å². The maximum Gasteiger partial charge on any atom is 0.144 e. The normalized spacial score (nSPS) is 10.4. The first-order valence-corrected chi connectivity index (χ1v) is 7.63. The highest BCUT2D eigenvalue weighted by Crippen LogP contribution is 2.30. The molecule has 0 spiro atoms. The van der Waals surface area contributed by atoms with Gasteiger partial charge in [-0.25, -0.2) is 4.98 Å². The maximum atomic E-state index is 6.14. The van der Waals surface area contributed by atoms with Crippen molar-refractivity contribution < 1.29 is 0 Å². The highest BCUT2D eigenvalue weighted by atomic mass is 127. The highest BCUT2D eigenvalue weighted by Gasteiger charge is 2.06. The first-order valence-electron chi connectivity index (χ1n) is 4.59. The molecule has 0 fully saturated rings. The van der Waals surface area contributed by atoms with Gasteiger partial charge in [0.1, 0.15) is 5.82 Å². The molecule has 0 saturated heterocycles. The van der Waals surface area contributed by atoms with Gasteiger partial charge < -0.3 is 5.32 Å². The molecule has 2 aromatic rings. The minimum Gasteiger partial charge on any atom is -0.338 e. The number of benzene rings is 1. The minimum absolute atomic E-state index is 0.675. The SMILES string of the molecule is Clc1cc(I)ccc1Nc1ncc(Br)cc1Br. The van der Waals surface area contributed by atoms with Crippen molar-refractivity contribution in [1.29, 1.82) is 0 Å². The van der Waals surface area contributed by atoms with Crippen molar-refractivity contribution in [3.63, 3.8) is 0 Å². The minimum atomic E-state index is 0.675. The van der Waals surface area contributed by atoms with E-state index in [0.717, 1.165) is 24.0 Å². The van der Waals surface area contributed by atoms with Crippen molar-refractivity contribution in [3.8, 4) is 0 Å². The summed E-state index contributed by atoms with van der Waals surface area (Å²) in [5.41, 5.74) is 0.836. The van der Waals surface area contributed by atoms with Crippen molar-refractivity contribution >= 4 is 77.6 Å². The van der Waals surface area contributed by atoms with Gasteiger partial charge in [-0.1, -0.05) is 11.6 Å². The summed E-state index contributed by atoms with van der Waals surface area (Å²) in [7, 11) is 0. The Hall–Kier alpha value is 0.150. The van der Waals surface area contributed by atoms with Crippen LogP contribution in [0.2, 0.25) is 5.02 Å². The first kappa shape index (κ1) is 13.6. The van der Waals surface area contributed by atoms with Crippen LogP contribution in [0.15, 0.2) is 39.4 Å². The van der Waals surface area contributed by atoms with Crippen LogP contribution in [0.3, 0.4) is 0 Å². The standard InChI is InChI=1S/C11H6Br2ClIN2/c12-6-3-8(13)11(16-5-6)17-10-2-1-7(15)4-9(10)14/h1-5H,(H,16,17). The zero-order chi connectivity index (χ0) is 12.4. The van der Waals surface area contributed by atoms with Crippen molar-refractivity contribution in [1.82, 2.24) is 4.98 Å². The van der Waals surface area contributed by atoms with E-state index in [1.807, 2.05) is 24.3 Å². The van der Waals surface area contributed by atoms with E-state index in [2.05, 4.69) is 64.8 Å². The molecule has 0 aliphatic heterocycles. The van der Waals surface area contributed by atoms with Crippen LogP contribution in [-0.4, -0.2) is 4.98 Å². The molecule has 2 rings (SSSR count). The second-order valence-electron chi connectivity index (χ2n) is 3.23. The third-order valence-corrected chi connectivity index (χ3v) is 4.01. The molecule has 0 unspecified atom stereocenters. The molecular weight excluding hydrogens is 482 g/mol. The van der Waals surface area contributed by atoms with Gasteiger partial charge in [-0.05, 0) is 78.7 Å². The third-order valence-electron chi connectivity index (χ3n) is 1.99. The van der Waals surface area contributed by atoms with Crippen molar-refractivity contribution in [2.75, 3.05) is 5.32 Å². The van der Waals surface area contributed by atoms with Gasteiger partial charge >= 0.3 is 0 Å². The smallest absolute Gasteiger partial charge is 0.144 e. The number of aromatic nitrogens is 1. The van der Waals surface area contributed by atoms with Crippen molar-refractivity contribution in [2.45, 2.75) is 0 Å². The Bertz CT molecular complexity index is 514. The van der Waals surface area contributed by atoms with E-state index in [1.54, 1.807) is 6.20 Å². The Morgan fingerprint density at radius 1 is 1.24 bits per heavy atom. The lowest BCUT2D eigenvalue weighted by atomic mass is 10.3. The van der Waals surface area contributed by atoms with Gasteiger partial charge in [0.2, 0.25) is 0 Å². The lowest BCUT2D eigenvalue weighted by Gasteiger charge is -2.09. The molecule has 1 N–H and O–H groups in total. The lowest BCUT2D eigenvalue weighted by molar-refractivity contribution is 1.27. The average molecular weight is 488 g/mol. The predicted molar refractivity (Wildman–Crippen MR) is 87.1 cm³/mol. The van der Waals surface area contributed by atoms with E-state index < -0.39 is 0 Å². The maximum absolute atomic E-state index is 6.14. The van der Waals surface area contributed by atoms with Gasteiger partial charge in [0, 0.05) is 14.2 Å². The fourth-order valence-corrected chi connectivity index (χ4v) is 3.21. The summed E-state index contributed by atoms with van der Waals surface area (Å²) >= 11 is 15.2. The van der Waals surface area contributed by atoms with Gasteiger partial charge in [0.15, 0.2) is 0 Å². The molecule has 1 heterocycles. The molecule has 0 radical (unpaired) electrons. The summed E-state index contributed by atoms with van der Waals surface area (Å²) in [4.78, 5) is 4.27. The van der Waals surface area contributed by atoms with Gasteiger partial charge in [0.25, 0.3) is 0 Å². The molecule has 2 nitrogen and oxygen atoms in total. The number of hydrogen-bond acceptors (Lipinski definition) is 2. The van der Waals surface area contributed by atoms with Gasteiger partial charge in [-0.2, -0.15) is 0 Å². The fourth-order valence-electron chi connectivity index (χ4n) is 1.22. The summed E-state index contributed by atoms with van der Waals surface area (Å²) in [5, 5.41) is 3.86. The summed E-state index contributed by atoms with van der Waals surface area (Å²) in [6.45, 7) is 0. The molecule has 1 aromatic heterocycles. The molecule has 0 atom stereocenters. The summed E-state index contributed by atoms with van der Waals surface area (Å²) in [6, 6.07) is 7.74. The molecule has 0 bridgehead atoms. The Morgan fingerprint density at radius 3 is 2.65 bits per heavy atom. The number of rotatable bonds is 2. The molecular formula is C11H6Br2ClIN2. The van der Waals surface area contributed by atoms with Crippen LogP contribution in [0.1, 0.15) is 0 Å². The number of pyridine rings is 1. The second-order valence-corrected chi connectivity index (χ2v) is 6.66. The Morgan fingerprint density at radius 2 is 2.00 bits per heavy atom. The number of hydrogen-bond donors (Lipinski definition) is 1. The molecule has 0 saturated carbocycles. The van der Waals surface area contributed by atoms with Crippen LogP contribution >= 0.6 is 66.1 Å². The van der Waals surface area contributed by atoms with Gasteiger partial charge in [0.05, 0.1) is 15.2 Å². The van der Waals surface area contributed by atoms with E-state index >= 15 is 0 Å². The zero-order valence-electron chi connectivity index (χ0n) is 8.35. The lowest BCUT2D eigenvalue weighted by Crippen LogP contribution is -1.95. The third kappa shape index (κ3) is 3.56.